The Kier molecular flexibility index (Phi) is 4.96. The van der Waals surface area contributed by atoms with Crippen molar-refractivity contribution >= 4 is 11.6 Å². The topological polar surface area (TPSA) is 58.6 Å². The molecule has 1 unspecified atom stereocenters. The van der Waals surface area contributed by atoms with Gasteiger partial charge in [-0.3, -0.25) is 4.79 Å². The van der Waals surface area contributed by atoms with Crippen molar-refractivity contribution < 1.29 is 14.6 Å². The Morgan fingerprint density at radius 2 is 2.37 bits per heavy atom. The van der Waals surface area contributed by atoms with Crippen molar-refractivity contribution in [3.05, 3.63) is 29.8 Å². The molecule has 1 aromatic rings. The first-order valence-corrected chi connectivity index (χ1v) is 6.42. The lowest BCUT2D eigenvalue weighted by Gasteiger charge is -2.21. The van der Waals surface area contributed by atoms with Crippen LogP contribution in [0.4, 0.5) is 5.69 Å². The fourth-order valence-corrected chi connectivity index (χ4v) is 1.99. The van der Waals surface area contributed by atoms with Crippen LogP contribution in [-0.2, 0) is 9.53 Å². The molecule has 1 fully saturated rings. The zero-order valence-electron chi connectivity index (χ0n) is 10.7. The van der Waals surface area contributed by atoms with Gasteiger partial charge in [0.15, 0.2) is 0 Å². The zero-order chi connectivity index (χ0) is 13.5. The van der Waals surface area contributed by atoms with Gasteiger partial charge in [-0.25, -0.2) is 0 Å². The van der Waals surface area contributed by atoms with Crippen molar-refractivity contribution in [1.82, 2.24) is 0 Å². The van der Waals surface area contributed by atoms with Gasteiger partial charge >= 0.3 is 0 Å². The van der Waals surface area contributed by atoms with Gasteiger partial charge in [0.2, 0.25) is 0 Å². The Balaban J connectivity index is 1.99. The van der Waals surface area contributed by atoms with Crippen LogP contribution in [0.5, 0.6) is 0 Å². The molecular weight excluding hydrogens is 242 g/mol. The molecule has 0 spiro atoms. The van der Waals surface area contributed by atoms with Crippen molar-refractivity contribution in [3.63, 3.8) is 0 Å². The first kappa shape index (κ1) is 13.6. The van der Waals surface area contributed by atoms with Gasteiger partial charge in [-0.05, 0) is 37.5 Å². The lowest BCUT2D eigenvalue weighted by Crippen LogP contribution is -2.33. The first-order valence-electron chi connectivity index (χ1n) is 6.42. The summed E-state index contributed by atoms with van der Waals surface area (Å²) in [5.41, 5.74) is 1.46. The summed E-state index contributed by atoms with van der Waals surface area (Å²) in [4.78, 5) is 12.0. The average Bonchev–Trinajstić information content (AvgIpc) is 2.46. The molecule has 1 saturated heterocycles. The normalized spacial score (nSPS) is 18.3. The summed E-state index contributed by atoms with van der Waals surface area (Å²) in [6, 6.07) is 7.24. The number of rotatable bonds is 2. The molecule has 100 valence electrons. The predicted octanol–water partition coefficient (Wildman–Crippen LogP) is 1.54. The average molecular weight is 259 g/mol. The van der Waals surface area contributed by atoms with Crippen LogP contribution < -0.4 is 5.32 Å². The number of ether oxygens (including phenoxy) is 1. The van der Waals surface area contributed by atoms with Crippen molar-refractivity contribution in [1.29, 1.82) is 0 Å². The number of hydrogen-bond donors (Lipinski definition) is 2. The zero-order valence-corrected chi connectivity index (χ0v) is 10.7. The van der Waals surface area contributed by atoms with E-state index in [1.54, 1.807) is 6.07 Å². The molecule has 4 nitrogen and oxygen atoms in total. The van der Waals surface area contributed by atoms with Gasteiger partial charge in [-0.15, -0.1) is 0 Å². The van der Waals surface area contributed by atoms with Crippen LogP contribution in [-0.4, -0.2) is 30.3 Å². The fourth-order valence-electron chi connectivity index (χ4n) is 1.99. The summed E-state index contributed by atoms with van der Waals surface area (Å²) in [7, 11) is 0. The van der Waals surface area contributed by atoms with Crippen molar-refractivity contribution in [2.24, 2.45) is 0 Å². The summed E-state index contributed by atoms with van der Waals surface area (Å²) >= 11 is 0. The number of aliphatic hydroxyl groups is 1. The van der Waals surface area contributed by atoms with E-state index in [4.69, 9.17) is 9.84 Å². The van der Waals surface area contributed by atoms with Gasteiger partial charge in [-0.1, -0.05) is 17.9 Å². The number of aliphatic hydroxyl groups excluding tert-OH is 1. The highest BCUT2D eigenvalue weighted by atomic mass is 16.5. The minimum atomic E-state index is -0.346. The first-order chi connectivity index (χ1) is 9.29. The number of carbonyl (C=O) groups excluding carboxylic acids is 1. The summed E-state index contributed by atoms with van der Waals surface area (Å²) in [6.07, 6.45) is 2.48. The Morgan fingerprint density at radius 3 is 3.11 bits per heavy atom. The SMILES string of the molecule is O=C(Nc1cccc(C#CCO)c1)C1CCCCO1. The van der Waals surface area contributed by atoms with E-state index in [1.165, 1.54) is 0 Å². The summed E-state index contributed by atoms with van der Waals surface area (Å²) < 4.78 is 5.43. The third-order valence-corrected chi connectivity index (χ3v) is 2.91. The third-order valence-electron chi connectivity index (χ3n) is 2.91. The minimum Gasteiger partial charge on any atom is -0.384 e. The van der Waals surface area contributed by atoms with E-state index < -0.39 is 0 Å². The van der Waals surface area contributed by atoms with Gasteiger partial charge in [0.25, 0.3) is 5.91 Å². The second-order valence-electron chi connectivity index (χ2n) is 4.39. The minimum absolute atomic E-state index is 0.105. The quantitative estimate of drug-likeness (QED) is 0.792. The molecular formula is C15H17NO3. The van der Waals surface area contributed by atoms with Gasteiger partial charge in [0.1, 0.15) is 12.7 Å². The largest absolute Gasteiger partial charge is 0.384 e. The van der Waals surface area contributed by atoms with Crippen LogP contribution in [0.25, 0.3) is 0 Å². The highest BCUT2D eigenvalue weighted by molar-refractivity contribution is 5.94. The summed E-state index contributed by atoms with van der Waals surface area (Å²) in [5, 5.41) is 11.5. The monoisotopic (exact) mass is 259 g/mol. The van der Waals surface area contributed by atoms with Gasteiger partial charge in [0.05, 0.1) is 0 Å². The number of carbonyl (C=O) groups is 1. The highest BCUT2D eigenvalue weighted by Gasteiger charge is 2.21. The molecule has 0 saturated carbocycles. The summed E-state index contributed by atoms with van der Waals surface area (Å²) in [6.45, 7) is 0.479. The standard InChI is InChI=1S/C15H17NO3/c17-9-4-6-12-5-3-7-13(11-12)16-15(18)14-8-1-2-10-19-14/h3,5,7,11,14,17H,1-2,8-10H2,(H,16,18). The number of amides is 1. The van der Waals surface area contributed by atoms with Crippen molar-refractivity contribution in [3.8, 4) is 11.8 Å². The van der Waals surface area contributed by atoms with Crippen LogP contribution in [0, 0.1) is 11.8 Å². The smallest absolute Gasteiger partial charge is 0.253 e. The molecule has 2 N–H and O–H groups in total. The second-order valence-corrected chi connectivity index (χ2v) is 4.39. The number of benzene rings is 1. The number of nitrogens with one attached hydrogen (secondary N) is 1. The Hall–Kier alpha value is -1.83. The lowest BCUT2D eigenvalue weighted by molar-refractivity contribution is -0.129. The molecule has 0 bridgehead atoms. The number of anilines is 1. The maximum Gasteiger partial charge on any atom is 0.253 e. The Labute approximate surface area is 112 Å². The van der Waals surface area contributed by atoms with Crippen molar-refractivity contribution in [2.75, 3.05) is 18.5 Å². The van der Waals surface area contributed by atoms with E-state index in [9.17, 15) is 4.79 Å². The number of hydrogen-bond acceptors (Lipinski definition) is 3. The lowest BCUT2D eigenvalue weighted by atomic mass is 10.1. The van der Waals surface area contributed by atoms with E-state index in [0.717, 1.165) is 24.8 Å². The van der Waals surface area contributed by atoms with E-state index in [-0.39, 0.29) is 18.6 Å². The van der Waals surface area contributed by atoms with Gasteiger partial charge in [0, 0.05) is 17.9 Å². The predicted molar refractivity (Wildman–Crippen MR) is 72.6 cm³/mol. The van der Waals surface area contributed by atoms with E-state index in [0.29, 0.717) is 12.3 Å². The van der Waals surface area contributed by atoms with E-state index >= 15 is 0 Å². The van der Waals surface area contributed by atoms with Crippen LogP contribution in [0.2, 0.25) is 0 Å². The maximum atomic E-state index is 12.0. The molecule has 1 aromatic carbocycles. The van der Waals surface area contributed by atoms with Crippen LogP contribution in [0.1, 0.15) is 24.8 Å². The van der Waals surface area contributed by atoms with Crippen LogP contribution >= 0.6 is 0 Å². The van der Waals surface area contributed by atoms with Crippen LogP contribution in [0.3, 0.4) is 0 Å². The highest BCUT2D eigenvalue weighted by Crippen LogP contribution is 2.16. The van der Waals surface area contributed by atoms with E-state index in [2.05, 4.69) is 17.2 Å². The van der Waals surface area contributed by atoms with Gasteiger partial charge < -0.3 is 15.2 Å². The molecule has 1 aliphatic heterocycles. The molecule has 1 heterocycles. The summed E-state index contributed by atoms with van der Waals surface area (Å²) in [5.74, 6) is 5.28. The second kappa shape index (κ2) is 6.93. The molecule has 1 amide bonds. The Morgan fingerprint density at radius 1 is 1.47 bits per heavy atom. The Bertz CT molecular complexity index is 496. The molecule has 4 heteroatoms. The van der Waals surface area contributed by atoms with Gasteiger partial charge in [-0.2, -0.15) is 0 Å². The fraction of sp³-hybridized carbons (Fsp3) is 0.400. The molecule has 2 rings (SSSR count). The molecule has 0 radical (unpaired) electrons. The van der Waals surface area contributed by atoms with Crippen LogP contribution in [0.15, 0.2) is 24.3 Å². The molecule has 19 heavy (non-hydrogen) atoms. The third kappa shape index (κ3) is 4.09. The molecule has 1 aliphatic rings. The van der Waals surface area contributed by atoms with E-state index in [1.807, 2.05) is 18.2 Å². The molecule has 0 aromatic heterocycles. The van der Waals surface area contributed by atoms with Crippen molar-refractivity contribution in [2.45, 2.75) is 25.4 Å². The maximum absolute atomic E-state index is 12.0. The molecule has 1 atom stereocenters. The molecule has 0 aliphatic carbocycles.